The lowest BCUT2D eigenvalue weighted by Crippen LogP contribution is -2.28. The van der Waals surface area contributed by atoms with Gasteiger partial charge in [-0.1, -0.05) is 97.1 Å². The summed E-state index contributed by atoms with van der Waals surface area (Å²) in [6.45, 7) is 4.89. The Labute approximate surface area is 225 Å². The summed E-state index contributed by atoms with van der Waals surface area (Å²) in [6, 6.07) is 37.2. The van der Waals surface area contributed by atoms with Gasteiger partial charge in [0.05, 0.1) is 6.61 Å². The minimum Gasteiger partial charge on any atom is -0.490 e. The molecule has 0 aromatic heterocycles. The van der Waals surface area contributed by atoms with E-state index >= 15 is 0 Å². The fourth-order valence-electron chi connectivity index (χ4n) is 4.30. The molecule has 4 aromatic rings. The molecular formula is C34H34O4. The maximum absolute atomic E-state index is 12.2. The van der Waals surface area contributed by atoms with E-state index in [1.54, 1.807) is 6.92 Å². The number of ether oxygens (including phenoxy) is 3. The van der Waals surface area contributed by atoms with Crippen LogP contribution in [-0.4, -0.2) is 31.9 Å². The molecule has 4 rings (SSSR count). The molecule has 4 aromatic carbocycles. The van der Waals surface area contributed by atoms with Crippen LogP contribution in [0.3, 0.4) is 0 Å². The first-order valence-corrected chi connectivity index (χ1v) is 13.1. The zero-order valence-corrected chi connectivity index (χ0v) is 22.0. The minimum absolute atomic E-state index is 0.329. The van der Waals surface area contributed by atoms with Crippen LogP contribution in [0.1, 0.15) is 30.5 Å². The molecule has 194 valence electrons. The highest BCUT2D eigenvalue weighted by atomic mass is 16.6. The van der Waals surface area contributed by atoms with Gasteiger partial charge in [-0.2, -0.15) is 0 Å². The van der Waals surface area contributed by atoms with Gasteiger partial charge in [0.25, 0.3) is 0 Å². The van der Waals surface area contributed by atoms with Crippen molar-refractivity contribution < 1.29 is 19.0 Å². The highest BCUT2D eigenvalue weighted by molar-refractivity contribution is 5.81. The van der Waals surface area contributed by atoms with Gasteiger partial charge in [-0.15, -0.1) is 0 Å². The Morgan fingerprint density at radius 1 is 0.711 bits per heavy atom. The van der Waals surface area contributed by atoms with Crippen LogP contribution in [0.2, 0.25) is 0 Å². The Hall–Kier alpha value is -4.15. The predicted molar refractivity (Wildman–Crippen MR) is 153 cm³/mol. The third-order valence-corrected chi connectivity index (χ3v) is 6.19. The van der Waals surface area contributed by atoms with E-state index in [0.717, 1.165) is 28.0 Å². The normalized spacial score (nSPS) is 12.1. The predicted octanol–water partition coefficient (Wildman–Crippen LogP) is 7.38. The minimum atomic E-state index is -0.601. The Kier molecular flexibility index (Phi) is 9.89. The molecule has 0 spiro atoms. The van der Waals surface area contributed by atoms with Crippen molar-refractivity contribution in [2.45, 2.75) is 26.4 Å². The molecule has 1 unspecified atom stereocenters. The highest BCUT2D eigenvalue weighted by Gasteiger charge is 2.20. The van der Waals surface area contributed by atoms with E-state index in [9.17, 15) is 4.79 Å². The lowest BCUT2D eigenvalue weighted by atomic mass is 9.95. The van der Waals surface area contributed by atoms with Crippen LogP contribution in [0, 0.1) is 0 Å². The highest BCUT2D eigenvalue weighted by Crippen LogP contribution is 2.27. The standard InChI is InChI=1S/C34H34O4/c1-3-36-33(34(35)37-4-2)25-26-15-21-31(22-16-26)38-24-23-32(29-13-9-6-10-14-29)30-19-17-28(18-20-30)27-11-7-5-8-12-27/h5-23,33H,3-4,24-25H2,1-2H3/b32-23-. The number of hydrogen-bond donors (Lipinski definition) is 0. The summed E-state index contributed by atoms with van der Waals surface area (Å²) in [5.41, 5.74) is 6.77. The molecule has 38 heavy (non-hydrogen) atoms. The zero-order chi connectivity index (χ0) is 26.6. The topological polar surface area (TPSA) is 44.8 Å². The summed E-state index contributed by atoms with van der Waals surface area (Å²) in [4.78, 5) is 12.2. The lowest BCUT2D eigenvalue weighted by Gasteiger charge is -2.16. The Balaban J connectivity index is 1.45. The summed E-state index contributed by atoms with van der Waals surface area (Å²) in [6.07, 6.45) is 1.98. The number of carbonyl (C=O) groups is 1. The van der Waals surface area contributed by atoms with Gasteiger partial charge in [0, 0.05) is 13.0 Å². The molecule has 4 heteroatoms. The van der Waals surface area contributed by atoms with Gasteiger partial charge in [0.2, 0.25) is 0 Å². The van der Waals surface area contributed by atoms with E-state index in [1.807, 2.05) is 55.5 Å². The Morgan fingerprint density at radius 2 is 1.32 bits per heavy atom. The largest absolute Gasteiger partial charge is 0.490 e. The van der Waals surface area contributed by atoms with Crippen molar-refractivity contribution in [1.82, 2.24) is 0 Å². The SMILES string of the molecule is CCOC(=O)C(Cc1ccc(OC/C=C(/c2ccccc2)c2ccc(-c3ccccc3)cc2)cc1)OCC. The number of rotatable bonds is 12. The molecule has 0 saturated carbocycles. The van der Waals surface area contributed by atoms with Crippen LogP contribution in [0.5, 0.6) is 5.75 Å². The maximum Gasteiger partial charge on any atom is 0.335 e. The van der Waals surface area contributed by atoms with Crippen molar-refractivity contribution in [3.05, 3.63) is 132 Å². The van der Waals surface area contributed by atoms with Gasteiger partial charge < -0.3 is 14.2 Å². The van der Waals surface area contributed by atoms with Gasteiger partial charge in [0.1, 0.15) is 12.4 Å². The summed E-state index contributed by atoms with van der Waals surface area (Å²) in [5.74, 6) is 0.436. The molecule has 0 radical (unpaired) electrons. The lowest BCUT2D eigenvalue weighted by molar-refractivity contribution is -0.156. The molecule has 0 bridgehead atoms. The molecule has 0 aliphatic carbocycles. The van der Waals surface area contributed by atoms with Crippen LogP contribution >= 0.6 is 0 Å². The summed E-state index contributed by atoms with van der Waals surface area (Å²) < 4.78 is 16.8. The van der Waals surface area contributed by atoms with Crippen molar-refractivity contribution in [2.75, 3.05) is 19.8 Å². The van der Waals surface area contributed by atoms with Crippen molar-refractivity contribution in [1.29, 1.82) is 0 Å². The average molecular weight is 507 g/mol. The van der Waals surface area contributed by atoms with Crippen molar-refractivity contribution in [3.8, 4) is 16.9 Å². The number of carbonyl (C=O) groups excluding carboxylic acids is 1. The number of hydrogen-bond acceptors (Lipinski definition) is 4. The second-order valence-electron chi connectivity index (χ2n) is 8.78. The second-order valence-corrected chi connectivity index (χ2v) is 8.78. The molecule has 0 fully saturated rings. The number of benzene rings is 4. The second kappa shape index (κ2) is 14.0. The molecule has 0 aliphatic rings. The first-order chi connectivity index (χ1) is 18.7. The van der Waals surface area contributed by atoms with E-state index in [1.165, 1.54) is 11.1 Å². The average Bonchev–Trinajstić information content (AvgIpc) is 2.97. The molecule has 0 N–H and O–H groups in total. The van der Waals surface area contributed by atoms with E-state index < -0.39 is 6.10 Å². The third kappa shape index (κ3) is 7.44. The van der Waals surface area contributed by atoms with E-state index in [-0.39, 0.29) is 5.97 Å². The summed E-state index contributed by atoms with van der Waals surface area (Å²) >= 11 is 0. The van der Waals surface area contributed by atoms with Crippen LogP contribution in [0.15, 0.2) is 115 Å². The molecule has 4 nitrogen and oxygen atoms in total. The number of esters is 1. The molecule has 0 amide bonds. The van der Waals surface area contributed by atoms with Crippen LogP contribution < -0.4 is 4.74 Å². The fourth-order valence-corrected chi connectivity index (χ4v) is 4.30. The zero-order valence-electron chi connectivity index (χ0n) is 22.0. The van der Waals surface area contributed by atoms with Gasteiger partial charge >= 0.3 is 5.97 Å². The van der Waals surface area contributed by atoms with E-state index in [4.69, 9.17) is 14.2 Å². The van der Waals surface area contributed by atoms with Gasteiger partial charge in [0.15, 0.2) is 6.10 Å². The first kappa shape index (κ1) is 26.9. The van der Waals surface area contributed by atoms with Crippen LogP contribution in [0.25, 0.3) is 16.7 Å². The van der Waals surface area contributed by atoms with Crippen LogP contribution in [0.4, 0.5) is 0 Å². The van der Waals surface area contributed by atoms with Crippen LogP contribution in [-0.2, 0) is 20.7 Å². The summed E-state index contributed by atoms with van der Waals surface area (Å²) in [7, 11) is 0. The van der Waals surface area contributed by atoms with Gasteiger partial charge in [-0.3, -0.25) is 0 Å². The molecule has 0 aliphatic heterocycles. The molecule has 1 atom stereocenters. The quantitative estimate of drug-likeness (QED) is 0.188. The maximum atomic E-state index is 12.2. The smallest absolute Gasteiger partial charge is 0.335 e. The van der Waals surface area contributed by atoms with E-state index in [2.05, 4.69) is 66.7 Å². The van der Waals surface area contributed by atoms with Crippen molar-refractivity contribution in [3.63, 3.8) is 0 Å². The van der Waals surface area contributed by atoms with Gasteiger partial charge in [-0.05, 0) is 65.4 Å². The van der Waals surface area contributed by atoms with Gasteiger partial charge in [-0.25, -0.2) is 4.79 Å². The molecule has 0 heterocycles. The Bertz CT molecular complexity index is 1290. The van der Waals surface area contributed by atoms with E-state index in [0.29, 0.717) is 26.2 Å². The van der Waals surface area contributed by atoms with Crippen molar-refractivity contribution >= 4 is 11.5 Å². The molecule has 0 saturated heterocycles. The summed E-state index contributed by atoms with van der Waals surface area (Å²) in [5, 5.41) is 0. The van der Waals surface area contributed by atoms with Crippen molar-refractivity contribution in [2.24, 2.45) is 0 Å². The fraction of sp³-hybridized carbons (Fsp3) is 0.206. The third-order valence-electron chi connectivity index (χ3n) is 6.19. The first-order valence-electron chi connectivity index (χ1n) is 13.1. The Morgan fingerprint density at radius 3 is 1.95 bits per heavy atom. The molecular weight excluding hydrogens is 472 g/mol. The monoisotopic (exact) mass is 506 g/mol.